The predicted octanol–water partition coefficient (Wildman–Crippen LogP) is 1.23. The number of para-hydroxylation sites is 1. The summed E-state index contributed by atoms with van der Waals surface area (Å²) in [6.07, 6.45) is 2.22. The number of fused-ring (bicyclic) bond motifs is 1. The summed E-state index contributed by atoms with van der Waals surface area (Å²) < 4.78 is 5.49. The smallest absolute Gasteiger partial charge is 0.249 e. The van der Waals surface area contributed by atoms with Crippen LogP contribution in [-0.2, 0) is 16.0 Å². The molecule has 88 valence electrons. The quantitative estimate of drug-likeness (QED) is 0.815. The Morgan fingerprint density at radius 3 is 3.12 bits per heavy atom. The number of aromatic amines is 1. The third-order valence-electron chi connectivity index (χ3n) is 3.09. The molecule has 1 aromatic carbocycles. The van der Waals surface area contributed by atoms with Crippen LogP contribution in [-0.4, -0.2) is 30.1 Å². The van der Waals surface area contributed by atoms with E-state index in [1.807, 2.05) is 24.4 Å². The van der Waals surface area contributed by atoms with Crippen LogP contribution in [0.4, 0.5) is 0 Å². The number of H-pyrrole nitrogens is 1. The lowest BCUT2D eigenvalue weighted by Crippen LogP contribution is -2.45. The summed E-state index contributed by atoms with van der Waals surface area (Å²) in [4.78, 5) is 14.8. The highest BCUT2D eigenvalue weighted by Crippen LogP contribution is 2.20. The van der Waals surface area contributed by atoms with Gasteiger partial charge in [0, 0.05) is 30.1 Å². The predicted molar refractivity (Wildman–Crippen MR) is 64.8 cm³/mol. The van der Waals surface area contributed by atoms with Crippen molar-refractivity contribution in [3.05, 3.63) is 36.0 Å². The lowest BCUT2D eigenvalue weighted by atomic mass is 10.1. The average molecular weight is 230 g/mol. The van der Waals surface area contributed by atoms with E-state index in [1.54, 1.807) is 0 Å². The molecule has 1 fully saturated rings. The van der Waals surface area contributed by atoms with Crippen LogP contribution in [0.1, 0.15) is 5.56 Å². The van der Waals surface area contributed by atoms with Gasteiger partial charge in [0.1, 0.15) is 6.10 Å². The van der Waals surface area contributed by atoms with Gasteiger partial charge in [-0.2, -0.15) is 0 Å². The lowest BCUT2D eigenvalue weighted by molar-refractivity contribution is -0.137. The SMILES string of the molecule is O=C1NCCOC1Cc1c[nH]c2ccccc12. The minimum atomic E-state index is -0.358. The second-order valence-electron chi connectivity index (χ2n) is 4.21. The maximum absolute atomic E-state index is 11.6. The van der Waals surface area contributed by atoms with Gasteiger partial charge in [-0.3, -0.25) is 4.79 Å². The van der Waals surface area contributed by atoms with E-state index >= 15 is 0 Å². The molecule has 4 nitrogen and oxygen atoms in total. The first-order valence-corrected chi connectivity index (χ1v) is 5.79. The summed E-state index contributed by atoms with van der Waals surface area (Å²) in [5, 5.41) is 3.98. The van der Waals surface area contributed by atoms with Gasteiger partial charge in [0.2, 0.25) is 5.91 Å². The molecular weight excluding hydrogens is 216 g/mol. The molecular formula is C13H14N2O2. The van der Waals surface area contributed by atoms with E-state index in [1.165, 1.54) is 0 Å². The highest BCUT2D eigenvalue weighted by Gasteiger charge is 2.23. The monoisotopic (exact) mass is 230 g/mol. The summed E-state index contributed by atoms with van der Waals surface area (Å²) in [6.45, 7) is 1.21. The van der Waals surface area contributed by atoms with Gasteiger partial charge in [0.15, 0.2) is 0 Å². The number of ether oxygens (including phenoxy) is 1. The van der Waals surface area contributed by atoms with Crippen LogP contribution in [0.2, 0.25) is 0 Å². The van der Waals surface area contributed by atoms with Gasteiger partial charge in [0.25, 0.3) is 0 Å². The number of nitrogens with one attached hydrogen (secondary N) is 2. The van der Waals surface area contributed by atoms with Gasteiger partial charge in [-0.05, 0) is 11.6 Å². The number of amides is 1. The van der Waals surface area contributed by atoms with E-state index in [-0.39, 0.29) is 12.0 Å². The number of benzene rings is 1. The summed E-state index contributed by atoms with van der Waals surface area (Å²) >= 11 is 0. The molecule has 0 spiro atoms. The number of hydrogen-bond donors (Lipinski definition) is 2. The van der Waals surface area contributed by atoms with Gasteiger partial charge in [-0.15, -0.1) is 0 Å². The van der Waals surface area contributed by atoms with Crippen molar-refractivity contribution < 1.29 is 9.53 Å². The van der Waals surface area contributed by atoms with E-state index < -0.39 is 0 Å². The van der Waals surface area contributed by atoms with Crippen LogP contribution < -0.4 is 5.32 Å². The molecule has 1 aromatic heterocycles. The van der Waals surface area contributed by atoms with Crippen molar-refractivity contribution in [2.75, 3.05) is 13.2 Å². The molecule has 1 aliphatic heterocycles. The first-order chi connectivity index (χ1) is 8.34. The molecule has 1 aliphatic rings. The van der Waals surface area contributed by atoms with E-state index in [2.05, 4.69) is 16.4 Å². The first-order valence-electron chi connectivity index (χ1n) is 5.79. The Morgan fingerprint density at radius 1 is 1.35 bits per heavy atom. The molecule has 1 unspecified atom stereocenters. The summed E-state index contributed by atoms with van der Waals surface area (Å²) in [5.74, 6) is -0.0125. The number of hydrogen-bond acceptors (Lipinski definition) is 2. The third-order valence-corrected chi connectivity index (χ3v) is 3.09. The maximum Gasteiger partial charge on any atom is 0.249 e. The molecule has 2 aromatic rings. The molecule has 2 N–H and O–H groups in total. The number of aromatic nitrogens is 1. The standard InChI is InChI=1S/C13H14N2O2/c16-13-12(17-6-5-14-13)7-9-8-15-11-4-2-1-3-10(9)11/h1-4,8,12,15H,5-7H2,(H,14,16). The third kappa shape index (κ3) is 1.91. The van der Waals surface area contributed by atoms with E-state index in [0.29, 0.717) is 19.6 Å². The Bertz CT molecular complexity index is 547. The molecule has 4 heteroatoms. The molecule has 0 radical (unpaired) electrons. The second kappa shape index (κ2) is 4.22. The number of morpholine rings is 1. The van der Waals surface area contributed by atoms with Gasteiger partial charge in [0.05, 0.1) is 6.61 Å². The molecule has 17 heavy (non-hydrogen) atoms. The van der Waals surface area contributed by atoms with Crippen molar-refractivity contribution in [3.8, 4) is 0 Å². The Labute approximate surface area is 99.0 Å². The van der Waals surface area contributed by atoms with Crippen LogP contribution in [0.5, 0.6) is 0 Å². The molecule has 1 amide bonds. The van der Waals surface area contributed by atoms with Crippen molar-refractivity contribution in [3.63, 3.8) is 0 Å². The number of carbonyl (C=O) groups is 1. The molecule has 0 saturated carbocycles. The van der Waals surface area contributed by atoms with Crippen molar-refractivity contribution >= 4 is 16.8 Å². The normalized spacial score (nSPS) is 20.5. The van der Waals surface area contributed by atoms with Crippen molar-refractivity contribution in [1.29, 1.82) is 0 Å². The van der Waals surface area contributed by atoms with Crippen molar-refractivity contribution in [2.24, 2.45) is 0 Å². The average Bonchev–Trinajstić information content (AvgIpc) is 2.76. The Hall–Kier alpha value is -1.81. The fraction of sp³-hybridized carbons (Fsp3) is 0.308. The van der Waals surface area contributed by atoms with E-state index in [4.69, 9.17) is 4.74 Å². The van der Waals surface area contributed by atoms with Gasteiger partial charge < -0.3 is 15.0 Å². The van der Waals surface area contributed by atoms with Crippen LogP contribution in [0.3, 0.4) is 0 Å². The topological polar surface area (TPSA) is 54.1 Å². The lowest BCUT2D eigenvalue weighted by Gasteiger charge is -2.22. The van der Waals surface area contributed by atoms with Crippen LogP contribution in [0, 0.1) is 0 Å². The molecule has 1 saturated heterocycles. The fourth-order valence-corrected chi connectivity index (χ4v) is 2.22. The molecule has 1 atom stereocenters. The highest BCUT2D eigenvalue weighted by molar-refractivity contribution is 5.85. The highest BCUT2D eigenvalue weighted by atomic mass is 16.5. The Balaban J connectivity index is 1.87. The Morgan fingerprint density at radius 2 is 2.24 bits per heavy atom. The molecule has 2 heterocycles. The summed E-state index contributed by atoms with van der Waals surface area (Å²) in [5.41, 5.74) is 2.22. The van der Waals surface area contributed by atoms with Crippen LogP contribution in [0.15, 0.2) is 30.5 Å². The minimum absolute atomic E-state index is 0.0125. The number of carbonyl (C=O) groups excluding carboxylic acids is 1. The van der Waals surface area contributed by atoms with E-state index in [9.17, 15) is 4.79 Å². The first kappa shape index (κ1) is 10.4. The van der Waals surface area contributed by atoms with Gasteiger partial charge in [-0.25, -0.2) is 0 Å². The minimum Gasteiger partial charge on any atom is -0.366 e. The molecule has 3 rings (SSSR count). The van der Waals surface area contributed by atoms with Crippen molar-refractivity contribution in [2.45, 2.75) is 12.5 Å². The van der Waals surface area contributed by atoms with Gasteiger partial charge >= 0.3 is 0 Å². The Kier molecular flexibility index (Phi) is 2.57. The zero-order valence-corrected chi connectivity index (χ0v) is 9.40. The summed E-state index contributed by atoms with van der Waals surface area (Å²) in [7, 11) is 0. The fourth-order valence-electron chi connectivity index (χ4n) is 2.22. The molecule has 0 bridgehead atoms. The van der Waals surface area contributed by atoms with Crippen molar-refractivity contribution in [1.82, 2.24) is 10.3 Å². The van der Waals surface area contributed by atoms with Crippen LogP contribution in [0.25, 0.3) is 10.9 Å². The summed E-state index contributed by atoms with van der Waals surface area (Å²) in [6, 6.07) is 8.08. The van der Waals surface area contributed by atoms with Gasteiger partial charge in [-0.1, -0.05) is 18.2 Å². The number of rotatable bonds is 2. The van der Waals surface area contributed by atoms with E-state index in [0.717, 1.165) is 16.5 Å². The largest absolute Gasteiger partial charge is 0.366 e. The maximum atomic E-state index is 11.6. The zero-order chi connectivity index (χ0) is 11.7. The molecule has 0 aliphatic carbocycles. The van der Waals surface area contributed by atoms with Crippen LogP contribution >= 0.6 is 0 Å². The zero-order valence-electron chi connectivity index (χ0n) is 9.40. The second-order valence-corrected chi connectivity index (χ2v) is 4.21.